The predicted molar refractivity (Wildman–Crippen MR) is 63.2 cm³/mol. The summed E-state index contributed by atoms with van der Waals surface area (Å²) in [5, 5.41) is 0. The fraction of sp³-hybridized carbons (Fsp3) is 0.200. The van der Waals surface area contributed by atoms with Crippen molar-refractivity contribution >= 4 is 0 Å². The monoisotopic (exact) mass is 446 g/mol. The van der Waals surface area contributed by atoms with Gasteiger partial charge in [0.25, 0.3) is 5.92 Å². The van der Waals surface area contributed by atoms with E-state index in [9.17, 15) is 61.5 Å². The molecule has 0 N–H and O–H groups in total. The molecule has 0 heterocycles. The average molecular weight is 446 g/mol. The van der Waals surface area contributed by atoms with Crippen LogP contribution in [0.5, 0.6) is 0 Å². The van der Waals surface area contributed by atoms with E-state index in [2.05, 4.69) is 0 Å². The van der Waals surface area contributed by atoms with Crippen molar-refractivity contribution in [3.8, 4) is 0 Å². The molecule has 0 aliphatic heterocycles. The summed E-state index contributed by atoms with van der Waals surface area (Å²) in [6, 6.07) is 0. The maximum atomic E-state index is 14.4. The van der Waals surface area contributed by atoms with Gasteiger partial charge in [0.1, 0.15) is 0 Å². The van der Waals surface area contributed by atoms with Crippen molar-refractivity contribution in [2.45, 2.75) is 17.5 Å². The van der Waals surface area contributed by atoms with Crippen molar-refractivity contribution in [1.29, 1.82) is 0 Å². The number of fused-ring (bicyclic) bond motifs is 1. The van der Waals surface area contributed by atoms with Crippen molar-refractivity contribution in [3.63, 3.8) is 0 Å². The molecular weight excluding hydrogens is 446 g/mol. The highest BCUT2D eigenvalue weighted by Gasteiger charge is 2.83. The Morgan fingerprint density at radius 3 is 1.03 bits per heavy atom. The van der Waals surface area contributed by atoms with Crippen molar-refractivity contribution in [1.82, 2.24) is 0 Å². The van der Waals surface area contributed by atoms with E-state index in [0.717, 1.165) is 0 Å². The molecule has 0 saturated carbocycles. The van der Waals surface area contributed by atoms with Crippen LogP contribution in [0.4, 0.5) is 61.5 Å². The van der Waals surface area contributed by atoms with Gasteiger partial charge in [-0.1, -0.05) is 0 Å². The van der Waals surface area contributed by atoms with Crippen molar-refractivity contribution in [2.75, 3.05) is 0 Å². The fourth-order valence-electron chi connectivity index (χ4n) is 3.24. The predicted octanol–water partition coefficient (Wildman–Crippen LogP) is 5.89. The lowest BCUT2D eigenvalue weighted by molar-refractivity contribution is -0.271. The molecule has 2 aromatic carbocycles. The molecule has 0 bridgehead atoms. The SMILES string of the molecule is Fc1c(F)c(F)c(C2(C(F)(F)F)c3c(F)c(F)c(F)c(F)c3C2(F)F)c(F)c1F. The molecule has 1 atom stereocenters. The number of hydrogen-bond donors (Lipinski definition) is 0. The zero-order valence-corrected chi connectivity index (χ0v) is 12.8. The topological polar surface area (TPSA) is 0 Å². The lowest BCUT2D eigenvalue weighted by Gasteiger charge is -2.51. The van der Waals surface area contributed by atoms with Gasteiger partial charge < -0.3 is 0 Å². The molecule has 1 aliphatic carbocycles. The lowest BCUT2D eigenvalue weighted by Crippen LogP contribution is -2.65. The molecule has 0 saturated heterocycles. The Kier molecular flexibility index (Phi) is 4.20. The highest BCUT2D eigenvalue weighted by Crippen LogP contribution is 2.70. The molecule has 29 heavy (non-hydrogen) atoms. The van der Waals surface area contributed by atoms with E-state index in [1.165, 1.54) is 0 Å². The maximum absolute atomic E-state index is 14.4. The highest BCUT2D eigenvalue weighted by atomic mass is 19.4. The molecule has 0 aromatic heterocycles. The van der Waals surface area contributed by atoms with Crippen LogP contribution in [0.15, 0.2) is 0 Å². The number of benzene rings is 2. The Hall–Kier alpha value is -2.54. The second-order valence-electron chi connectivity index (χ2n) is 5.77. The Morgan fingerprint density at radius 1 is 0.414 bits per heavy atom. The van der Waals surface area contributed by atoms with E-state index in [-0.39, 0.29) is 0 Å². The molecule has 1 unspecified atom stereocenters. The Balaban J connectivity index is 2.65. The zero-order valence-electron chi connectivity index (χ0n) is 12.8. The molecule has 0 radical (unpaired) electrons. The van der Waals surface area contributed by atoms with E-state index >= 15 is 0 Å². The highest BCUT2D eigenvalue weighted by molar-refractivity contribution is 5.62. The summed E-state index contributed by atoms with van der Waals surface area (Å²) in [6.07, 6.45) is -6.78. The average Bonchev–Trinajstić information content (AvgIpc) is 2.61. The third-order valence-corrected chi connectivity index (χ3v) is 4.44. The van der Waals surface area contributed by atoms with Gasteiger partial charge in [-0.2, -0.15) is 22.0 Å². The number of halogens is 14. The molecular formula is C15F14. The minimum Gasteiger partial charge on any atom is -0.203 e. The second-order valence-corrected chi connectivity index (χ2v) is 5.77. The van der Waals surface area contributed by atoms with Gasteiger partial charge in [-0.3, -0.25) is 0 Å². The van der Waals surface area contributed by atoms with Crippen LogP contribution >= 0.6 is 0 Å². The third kappa shape index (κ3) is 2.11. The first-order chi connectivity index (χ1) is 13.1. The van der Waals surface area contributed by atoms with Crippen molar-refractivity contribution in [3.05, 3.63) is 69.0 Å². The third-order valence-electron chi connectivity index (χ3n) is 4.44. The van der Waals surface area contributed by atoms with Crippen molar-refractivity contribution < 1.29 is 61.5 Å². The summed E-state index contributed by atoms with van der Waals surface area (Å²) in [4.78, 5) is 0. The van der Waals surface area contributed by atoms with Crippen molar-refractivity contribution in [2.24, 2.45) is 0 Å². The summed E-state index contributed by atoms with van der Waals surface area (Å²) in [5.41, 5.74) is -14.7. The largest absolute Gasteiger partial charge is 0.408 e. The summed E-state index contributed by atoms with van der Waals surface area (Å²) in [7, 11) is 0. The minimum absolute atomic E-state index is 2.78. The van der Waals surface area contributed by atoms with Gasteiger partial charge in [0.15, 0.2) is 52.0 Å². The number of alkyl halides is 5. The molecule has 0 fully saturated rings. The van der Waals surface area contributed by atoms with E-state index in [0.29, 0.717) is 0 Å². The quantitative estimate of drug-likeness (QED) is 0.291. The zero-order chi connectivity index (χ0) is 22.4. The summed E-state index contributed by atoms with van der Waals surface area (Å²) in [5.74, 6) is -34.4. The van der Waals surface area contributed by atoms with Gasteiger partial charge in [0.2, 0.25) is 5.82 Å². The summed E-state index contributed by atoms with van der Waals surface area (Å²) < 4.78 is 192. The fourth-order valence-corrected chi connectivity index (χ4v) is 3.24. The minimum atomic E-state index is -6.78. The summed E-state index contributed by atoms with van der Waals surface area (Å²) in [6.45, 7) is 0. The first kappa shape index (κ1) is 21.2. The molecule has 1 aliphatic rings. The van der Waals surface area contributed by atoms with E-state index in [1.807, 2.05) is 0 Å². The van der Waals surface area contributed by atoms with Crippen LogP contribution in [0, 0.1) is 52.4 Å². The van der Waals surface area contributed by atoms with Crippen LogP contribution in [0.25, 0.3) is 0 Å². The van der Waals surface area contributed by atoms with Crippen LogP contribution in [0.3, 0.4) is 0 Å². The standard InChI is InChI=1S/C15F14/c16-4-1-2(5(17)9(21)8(4)20)14(25,26)13(1,15(27,28)29)3-6(18)10(22)12(24)11(23)7(3)19. The molecule has 3 rings (SSSR count). The van der Waals surface area contributed by atoms with Gasteiger partial charge in [-0.05, 0) is 0 Å². The first-order valence-corrected chi connectivity index (χ1v) is 6.90. The smallest absolute Gasteiger partial charge is 0.203 e. The van der Waals surface area contributed by atoms with Gasteiger partial charge in [0, 0.05) is 5.56 Å². The molecule has 158 valence electrons. The number of rotatable bonds is 1. The molecule has 2 aromatic rings. The van der Waals surface area contributed by atoms with Gasteiger partial charge >= 0.3 is 6.18 Å². The Bertz CT molecular complexity index is 1040. The van der Waals surface area contributed by atoms with Gasteiger partial charge in [-0.25, -0.2) is 39.5 Å². The van der Waals surface area contributed by atoms with E-state index < -0.39 is 86.6 Å². The van der Waals surface area contributed by atoms with Gasteiger partial charge in [0.05, 0.1) is 11.1 Å². The Morgan fingerprint density at radius 2 is 0.690 bits per heavy atom. The number of hydrogen-bond acceptors (Lipinski definition) is 0. The van der Waals surface area contributed by atoms with E-state index in [4.69, 9.17) is 0 Å². The normalized spacial score (nSPS) is 20.5. The molecule has 0 nitrogen and oxygen atoms in total. The molecule has 14 heteroatoms. The Labute approximate surface area is 149 Å². The molecule has 0 amide bonds. The van der Waals surface area contributed by atoms with Crippen LogP contribution < -0.4 is 0 Å². The second kappa shape index (κ2) is 5.75. The molecule has 0 spiro atoms. The van der Waals surface area contributed by atoms with Gasteiger partial charge in [-0.15, -0.1) is 0 Å². The summed E-state index contributed by atoms with van der Waals surface area (Å²) >= 11 is 0. The van der Waals surface area contributed by atoms with E-state index in [1.54, 1.807) is 0 Å². The van der Waals surface area contributed by atoms with Crippen LogP contribution in [-0.4, -0.2) is 6.18 Å². The van der Waals surface area contributed by atoms with Crippen LogP contribution in [0.2, 0.25) is 0 Å². The lowest BCUT2D eigenvalue weighted by atomic mass is 9.55. The van der Waals surface area contributed by atoms with Crippen LogP contribution in [0.1, 0.15) is 16.7 Å². The van der Waals surface area contributed by atoms with Crippen LogP contribution in [-0.2, 0) is 11.3 Å². The maximum Gasteiger partial charge on any atom is 0.408 e. The first-order valence-electron chi connectivity index (χ1n) is 6.90.